The Bertz CT molecular complexity index is 1360. The Balaban J connectivity index is 2.03. The Labute approximate surface area is 232 Å². The maximum Gasteiger partial charge on any atom is 0.264 e. The van der Waals surface area contributed by atoms with Gasteiger partial charge >= 0.3 is 0 Å². The zero-order chi connectivity index (χ0) is 28.4. The van der Waals surface area contributed by atoms with Gasteiger partial charge < -0.3 is 10.2 Å². The molecule has 0 fully saturated rings. The number of nitrogens with one attached hydrogen (secondary N) is 1. The van der Waals surface area contributed by atoms with Crippen LogP contribution in [-0.4, -0.2) is 44.3 Å². The highest BCUT2D eigenvalue weighted by Gasteiger charge is 2.34. The van der Waals surface area contributed by atoms with Crippen LogP contribution in [0.15, 0.2) is 83.8 Å². The Morgan fingerprint density at radius 3 is 2.23 bits per heavy atom. The van der Waals surface area contributed by atoms with Crippen LogP contribution in [0.2, 0.25) is 0 Å². The second kappa shape index (κ2) is 13.9. The first-order valence-electron chi connectivity index (χ1n) is 13.4. The number of anilines is 1. The van der Waals surface area contributed by atoms with Crippen LogP contribution in [0.5, 0.6) is 0 Å². The number of carbonyl (C=O) groups is 2. The van der Waals surface area contributed by atoms with E-state index < -0.39 is 28.5 Å². The van der Waals surface area contributed by atoms with Crippen LogP contribution in [0, 0.1) is 13.8 Å². The van der Waals surface area contributed by atoms with Gasteiger partial charge in [-0.15, -0.1) is 0 Å². The average Bonchev–Trinajstić information content (AvgIpc) is 2.92. The molecule has 0 aliphatic heterocycles. The number of aryl methyl sites for hydroxylation is 2. The quantitative estimate of drug-likeness (QED) is 0.296. The fraction of sp³-hybridized carbons (Fsp3) is 0.355. The Hall–Kier alpha value is -3.65. The van der Waals surface area contributed by atoms with Crippen molar-refractivity contribution >= 4 is 27.5 Å². The first kappa shape index (κ1) is 29.9. The summed E-state index contributed by atoms with van der Waals surface area (Å²) in [5.41, 5.74) is 3.05. The van der Waals surface area contributed by atoms with Crippen LogP contribution in [0.4, 0.5) is 5.69 Å². The largest absolute Gasteiger partial charge is 0.354 e. The molecule has 3 aromatic rings. The molecule has 7 nitrogen and oxygen atoms in total. The van der Waals surface area contributed by atoms with Crippen molar-refractivity contribution < 1.29 is 18.0 Å². The van der Waals surface area contributed by atoms with Gasteiger partial charge in [0.15, 0.2) is 0 Å². The number of para-hydroxylation sites is 1. The van der Waals surface area contributed by atoms with E-state index in [0.717, 1.165) is 33.8 Å². The highest BCUT2D eigenvalue weighted by molar-refractivity contribution is 7.92. The van der Waals surface area contributed by atoms with E-state index in [1.807, 2.05) is 64.1 Å². The predicted octanol–water partition coefficient (Wildman–Crippen LogP) is 5.22. The van der Waals surface area contributed by atoms with Gasteiger partial charge in [-0.2, -0.15) is 0 Å². The van der Waals surface area contributed by atoms with E-state index in [2.05, 4.69) is 5.32 Å². The maximum atomic E-state index is 14.1. The van der Waals surface area contributed by atoms with E-state index in [1.165, 1.54) is 17.0 Å². The molecule has 0 radical (unpaired) electrons. The van der Waals surface area contributed by atoms with E-state index in [1.54, 1.807) is 30.3 Å². The van der Waals surface area contributed by atoms with Gasteiger partial charge in [0.2, 0.25) is 11.8 Å². The van der Waals surface area contributed by atoms with Gasteiger partial charge in [0, 0.05) is 13.1 Å². The first-order chi connectivity index (χ1) is 18.7. The highest BCUT2D eigenvalue weighted by atomic mass is 32.2. The van der Waals surface area contributed by atoms with Crippen molar-refractivity contribution in [3.8, 4) is 0 Å². The van der Waals surface area contributed by atoms with Gasteiger partial charge in [0.25, 0.3) is 10.0 Å². The summed E-state index contributed by atoms with van der Waals surface area (Å²) >= 11 is 0. The molecule has 1 N–H and O–H groups in total. The third-order valence-electron chi connectivity index (χ3n) is 6.65. The van der Waals surface area contributed by atoms with Crippen LogP contribution >= 0.6 is 0 Å². The van der Waals surface area contributed by atoms with Crippen molar-refractivity contribution in [3.63, 3.8) is 0 Å². The highest BCUT2D eigenvalue weighted by Crippen LogP contribution is 2.27. The molecule has 0 aromatic heterocycles. The molecule has 0 saturated carbocycles. The summed E-state index contributed by atoms with van der Waals surface area (Å²) in [6, 6.07) is 22.2. The summed E-state index contributed by atoms with van der Waals surface area (Å²) in [5, 5.41) is 2.95. The van der Waals surface area contributed by atoms with Crippen molar-refractivity contribution in [1.82, 2.24) is 10.2 Å². The lowest BCUT2D eigenvalue weighted by Crippen LogP contribution is -2.52. The maximum absolute atomic E-state index is 14.1. The van der Waals surface area contributed by atoms with Crippen LogP contribution in [0.1, 0.15) is 49.8 Å². The molecule has 208 valence electrons. The summed E-state index contributed by atoms with van der Waals surface area (Å²) in [7, 11) is -4.07. The van der Waals surface area contributed by atoms with Crippen molar-refractivity contribution in [1.29, 1.82) is 0 Å². The molecule has 1 atom stereocenters. The number of hydrogen-bond acceptors (Lipinski definition) is 4. The first-order valence-corrected chi connectivity index (χ1v) is 14.9. The summed E-state index contributed by atoms with van der Waals surface area (Å²) in [4.78, 5) is 28.9. The second-order valence-corrected chi connectivity index (χ2v) is 11.6. The van der Waals surface area contributed by atoms with Gasteiger partial charge in [0.1, 0.15) is 12.6 Å². The Morgan fingerprint density at radius 2 is 1.59 bits per heavy atom. The molecule has 3 aromatic carbocycles. The molecule has 8 heteroatoms. The molecule has 2 amide bonds. The molecule has 0 bridgehead atoms. The number of benzene rings is 3. The van der Waals surface area contributed by atoms with E-state index in [0.29, 0.717) is 18.7 Å². The van der Waals surface area contributed by atoms with E-state index in [4.69, 9.17) is 0 Å². The van der Waals surface area contributed by atoms with E-state index >= 15 is 0 Å². The molecule has 3 rings (SSSR count). The fourth-order valence-electron chi connectivity index (χ4n) is 4.51. The van der Waals surface area contributed by atoms with Crippen LogP contribution in [-0.2, 0) is 26.2 Å². The smallest absolute Gasteiger partial charge is 0.264 e. The van der Waals surface area contributed by atoms with Crippen LogP contribution < -0.4 is 9.62 Å². The van der Waals surface area contributed by atoms with Gasteiger partial charge in [0.05, 0.1) is 10.6 Å². The van der Waals surface area contributed by atoms with Gasteiger partial charge in [-0.3, -0.25) is 13.9 Å². The number of rotatable bonds is 13. The third kappa shape index (κ3) is 7.69. The summed E-state index contributed by atoms with van der Waals surface area (Å²) in [6.07, 6.45) is 2.17. The molecule has 0 spiro atoms. The van der Waals surface area contributed by atoms with Crippen LogP contribution in [0.25, 0.3) is 0 Å². The molecule has 0 unspecified atom stereocenters. The summed E-state index contributed by atoms with van der Waals surface area (Å²) in [6.45, 7) is 7.96. The van der Waals surface area contributed by atoms with Crippen molar-refractivity contribution in [3.05, 3.63) is 95.6 Å². The third-order valence-corrected chi connectivity index (χ3v) is 8.42. The summed E-state index contributed by atoms with van der Waals surface area (Å²) in [5.74, 6) is -0.683. The molecule has 0 aliphatic rings. The number of amides is 2. The second-order valence-electron chi connectivity index (χ2n) is 9.69. The topological polar surface area (TPSA) is 86.8 Å². The van der Waals surface area contributed by atoms with E-state index in [-0.39, 0.29) is 17.3 Å². The monoisotopic (exact) mass is 549 g/mol. The lowest BCUT2D eigenvalue weighted by Gasteiger charge is -2.33. The summed E-state index contributed by atoms with van der Waals surface area (Å²) < 4.78 is 28.9. The van der Waals surface area contributed by atoms with Gasteiger partial charge in [-0.1, -0.05) is 86.5 Å². The molecule has 0 saturated heterocycles. The number of carbonyl (C=O) groups excluding carboxylic acids is 2. The molecule has 39 heavy (non-hydrogen) atoms. The molecular weight excluding hydrogens is 510 g/mol. The minimum atomic E-state index is -4.07. The standard InChI is InChI=1S/C31H39N3O4S/c1-5-7-20-32-31(36)28(6-2)33(22-26-16-13-14-24(3)21-26)30(35)23-34(29-19-12-11-15-25(29)4)39(37,38)27-17-9-8-10-18-27/h8-19,21,28H,5-7,20,22-23H2,1-4H3,(H,32,36)/t28-/m0/s1. The Morgan fingerprint density at radius 1 is 0.897 bits per heavy atom. The van der Waals surface area contributed by atoms with Crippen molar-refractivity contribution in [2.24, 2.45) is 0 Å². The lowest BCUT2D eigenvalue weighted by atomic mass is 10.1. The lowest BCUT2D eigenvalue weighted by molar-refractivity contribution is -0.140. The SMILES string of the molecule is CCCCNC(=O)[C@H](CC)N(Cc1cccc(C)c1)C(=O)CN(c1ccccc1C)S(=O)(=O)c1ccccc1. The number of hydrogen-bond donors (Lipinski definition) is 1. The average molecular weight is 550 g/mol. The molecule has 0 heterocycles. The Kier molecular flexibility index (Phi) is 10.7. The van der Waals surface area contributed by atoms with Crippen LogP contribution in [0.3, 0.4) is 0 Å². The number of sulfonamides is 1. The van der Waals surface area contributed by atoms with Crippen molar-refractivity contribution in [2.75, 3.05) is 17.4 Å². The molecule has 0 aliphatic carbocycles. The normalized spacial score (nSPS) is 12.0. The number of unbranched alkanes of at least 4 members (excludes halogenated alkanes) is 1. The minimum absolute atomic E-state index is 0.0932. The number of nitrogens with zero attached hydrogens (tertiary/aromatic N) is 2. The molecular formula is C31H39N3O4S. The van der Waals surface area contributed by atoms with Gasteiger partial charge in [-0.25, -0.2) is 8.42 Å². The fourth-order valence-corrected chi connectivity index (χ4v) is 6.01. The zero-order valence-corrected chi connectivity index (χ0v) is 24.1. The van der Waals surface area contributed by atoms with E-state index in [9.17, 15) is 18.0 Å². The van der Waals surface area contributed by atoms with Gasteiger partial charge in [-0.05, 0) is 56.0 Å². The zero-order valence-electron chi connectivity index (χ0n) is 23.3. The van der Waals surface area contributed by atoms with Crippen molar-refractivity contribution in [2.45, 2.75) is 64.4 Å². The minimum Gasteiger partial charge on any atom is -0.354 e. The predicted molar refractivity (Wildman–Crippen MR) is 156 cm³/mol.